The number of hydrogen-bond acceptors (Lipinski definition) is 4. The van der Waals surface area contributed by atoms with Crippen molar-refractivity contribution in [2.45, 2.75) is 46.0 Å². The fourth-order valence-electron chi connectivity index (χ4n) is 1.90. The van der Waals surface area contributed by atoms with Gasteiger partial charge in [-0.05, 0) is 42.9 Å². The third kappa shape index (κ3) is 8.25. The largest absolute Gasteiger partial charge is 0.326 e. The van der Waals surface area contributed by atoms with Gasteiger partial charge in [0.25, 0.3) is 5.91 Å². The number of hydrazine groups is 1. The van der Waals surface area contributed by atoms with Gasteiger partial charge in [-0.3, -0.25) is 25.2 Å². The summed E-state index contributed by atoms with van der Waals surface area (Å²) in [5.41, 5.74) is 5.90. The molecule has 1 aromatic rings. The van der Waals surface area contributed by atoms with Crippen LogP contribution in [-0.4, -0.2) is 22.8 Å². The Labute approximate surface area is 152 Å². The molecule has 3 amide bonds. The van der Waals surface area contributed by atoms with Crippen LogP contribution < -0.4 is 21.5 Å². The molecule has 7 nitrogen and oxygen atoms in total. The second-order valence-electron chi connectivity index (χ2n) is 5.39. The molecule has 0 atom stereocenters. The molecule has 0 aromatic heterocycles. The minimum absolute atomic E-state index is 0.0432. The van der Waals surface area contributed by atoms with Crippen LogP contribution >= 0.6 is 12.2 Å². The summed E-state index contributed by atoms with van der Waals surface area (Å²) in [5, 5.41) is 5.24. The van der Waals surface area contributed by atoms with Gasteiger partial charge < -0.3 is 10.6 Å². The fourth-order valence-corrected chi connectivity index (χ4v) is 2.06. The van der Waals surface area contributed by atoms with Gasteiger partial charge in [-0.2, -0.15) is 0 Å². The number of anilines is 1. The molecule has 0 saturated heterocycles. The van der Waals surface area contributed by atoms with Crippen molar-refractivity contribution in [2.24, 2.45) is 0 Å². The lowest BCUT2D eigenvalue weighted by Gasteiger charge is -2.11. The van der Waals surface area contributed by atoms with E-state index in [0.29, 0.717) is 24.1 Å². The lowest BCUT2D eigenvalue weighted by atomic mass is 10.2. The highest BCUT2D eigenvalue weighted by molar-refractivity contribution is 7.80. The van der Waals surface area contributed by atoms with Gasteiger partial charge >= 0.3 is 0 Å². The Bertz CT molecular complexity index is 617. The van der Waals surface area contributed by atoms with E-state index >= 15 is 0 Å². The van der Waals surface area contributed by atoms with Gasteiger partial charge in [0.2, 0.25) is 11.8 Å². The van der Waals surface area contributed by atoms with Gasteiger partial charge in [-0.1, -0.05) is 26.7 Å². The van der Waals surface area contributed by atoms with Gasteiger partial charge in [0.1, 0.15) is 0 Å². The molecule has 8 heteroatoms. The number of unbranched alkanes of at least 4 members (excludes halogenated alkanes) is 2. The Hall–Kier alpha value is -2.48. The van der Waals surface area contributed by atoms with E-state index in [0.717, 1.165) is 19.3 Å². The first-order valence-electron chi connectivity index (χ1n) is 8.26. The molecule has 1 rings (SSSR count). The smallest absolute Gasteiger partial charge is 0.269 e. The molecule has 0 radical (unpaired) electrons. The van der Waals surface area contributed by atoms with E-state index in [4.69, 9.17) is 12.2 Å². The highest BCUT2D eigenvalue weighted by atomic mass is 32.1. The predicted octanol–water partition coefficient (Wildman–Crippen LogP) is 2.25. The molecule has 0 spiro atoms. The Kier molecular flexibility index (Phi) is 9.16. The molecule has 0 unspecified atom stereocenters. The van der Waals surface area contributed by atoms with Crippen LogP contribution in [0.5, 0.6) is 0 Å². The van der Waals surface area contributed by atoms with Crippen LogP contribution in [0.4, 0.5) is 5.69 Å². The topological polar surface area (TPSA) is 99.3 Å². The molecule has 0 heterocycles. The van der Waals surface area contributed by atoms with Crippen molar-refractivity contribution in [3.05, 3.63) is 29.8 Å². The fraction of sp³-hybridized carbons (Fsp3) is 0.412. The van der Waals surface area contributed by atoms with Crippen molar-refractivity contribution in [2.75, 3.05) is 5.32 Å². The van der Waals surface area contributed by atoms with Gasteiger partial charge in [0.05, 0.1) is 0 Å². The lowest BCUT2D eigenvalue weighted by Crippen LogP contribution is -2.48. The average molecular weight is 364 g/mol. The Balaban J connectivity index is 2.39. The van der Waals surface area contributed by atoms with E-state index in [2.05, 4.69) is 28.4 Å². The summed E-state index contributed by atoms with van der Waals surface area (Å²) >= 11 is 4.95. The third-order valence-corrected chi connectivity index (χ3v) is 3.51. The van der Waals surface area contributed by atoms with Crippen LogP contribution in [0.1, 0.15) is 56.3 Å². The number of amides is 3. The number of carbonyl (C=O) groups is 3. The predicted molar refractivity (Wildman–Crippen MR) is 101 cm³/mol. The number of carbonyl (C=O) groups excluding carboxylic acids is 3. The van der Waals surface area contributed by atoms with Crippen molar-refractivity contribution in [1.82, 2.24) is 16.2 Å². The van der Waals surface area contributed by atoms with Gasteiger partial charge in [-0.15, -0.1) is 0 Å². The van der Waals surface area contributed by atoms with Crippen molar-refractivity contribution in [1.29, 1.82) is 0 Å². The summed E-state index contributed by atoms with van der Waals surface area (Å²) in [7, 11) is 0. The Morgan fingerprint density at radius 2 is 1.64 bits per heavy atom. The molecule has 4 N–H and O–H groups in total. The van der Waals surface area contributed by atoms with E-state index in [-0.39, 0.29) is 16.9 Å². The van der Waals surface area contributed by atoms with E-state index in [9.17, 15) is 14.4 Å². The monoisotopic (exact) mass is 364 g/mol. The van der Waals surface area contributed by atoms with Gasteiger partial charge in [-0.25, -0.2) is 0 Å². The van der Waals surface area contributed by atoms with Crippen molar-refractivity contribution in [3.63, 3.8) is 0 Å². The highest BCUT2D eigenvalue weighted by Gasteiger charge is 2.08. The molecule has 0 saturated carbocycles. The number of nitrogens with one attached hydrogen (secondary N) is 4. The molecular weight excluding hydrogens is 340 g/mol. The Morgan fingerprint density at radius 3 is 2.24 bits per heavy atom. The van der Waals surface area contributed by atoms with Gasteiger partial charge in [0.15, 0.2) is 5.11 Å². The van der Waals surface area contributed by atoms with Crippen LogP contribution in [-0.2, 0) is 9.59 Å². The normalized spacial score (nSPS) is 9.84. The van der Waals surface area contributed by atoms with E-state index < -0.39 is 5.91 Å². The van der Waals surface area contributed by atoms with E-state index in [1.807, 2.05) is 0 Å². The second-order valence-corrected chi connectivity index (χ2v) is 5.80. The summed E-state index contributed by atoms with van der Waals surface area (Å²) < 4.78 is 0. The van der Waals surface area contributed by atoms with Crippen LogP contribution in [0.15, 0.2) is 24.3 Å². The molecule has 0 fully saturated rings. The lowest BCUT2D eigenvalue weighted by molar-refractivity contribution is -0.120. The number of thiocarbonyl (C=S) groups is 1. The molecule has 25 heavy (non-hydrogen) atoms. The zero-order valence-corrected chi connectivity index (χ0v) is 15.3. The molecule has 0 aliphatic rings. The average Bonchev–Trinajstić information content (AvgIpc) is 2.60. The zero-order chi connectivity index (χ0) is 18.7. The molecular formula is C17H24N4O3S. The van der Waals surface area contributed by atoms with Crippen molar-refractivity contribution >= 4 is 40.7 Å². The Morgan fingerprint density at radius 1 is 0.960 bits per heavy atom. The second kappa shape index (κ2) is 11.1. The van der Waals surface area contributed by atoms with Crippen molar-refractivity contribution in [3.8, 4) is 0 Å². The number of hydrogen-bond donors (Lipinski definition) is 4. The van der Waals surface area contributed by atoms with Crippen LogP contribution in [0, 0.1) is 0 Å². The van der Waals surface area contributed by atoms with E-state index in [1.165, 1.54) is 0 Å². The summed E-state index contributed by atoms with van der Waals surface area (Å²) in [6, 6.07) is 6.43. The molecule has 136 valence electrons. The highest BCUT2D eigenvalue weighted by Crippen LogP contribution is 2.09. The first-order valence-corrected chi connectivity index (χ1v) is 8.67. The molecule has 0 bridgehead atoms. The maximum Gasteiger partial charge on any atom is 0.269 e. The molecule has 0 aliphatic heterocycles. The van der Waals surface area contributed by atoms with E-state index in [1.54, 1.807) is 31.2 Å². The first kappa shape index (κ1) is 20.6. The quantitative estimate of drug-likeness (QED) is 0.338. The molecule has 0 aliphatic carbocycles. The number of benzene rings is 1. The van der Waals surface area contributed by atoms with Crippen LogP contribution in [0.25, 0.3) is 0 Å². The first-order chi connectivity index (χ1) is 12.0. The third-order valence-electron chi connectivity index (χ3n) is 3.30. The maximum atomic E-state index is 12.0. The number of rotatable bonds is 7. The van der Waals surface area contributed by atoms with Crippen molar-refractivity contribution < 1.29 is 14.4 Å². The standard InChI is InChI=1S/C17H24N4O3S/c1-3-5-6-7-15(23)19-17(25)21-20-16(24)12-8-10-13(11-9-12)18-14(22)4-2/h8-11H,3-7H2,1-2H3,(H,18,22)(H,20,24)(H2,19,21,23,25). The summed E-state index contributed by atoms with van der Waals surface area (Å²) in [4.78, 5) is 34.9. The SMILES string of the molecule is CCCCCC(=O)NC(=S)NNC(=O)c1ccc(NC(=O)CC)cc1. The summed E-state index contributed by atoms with van der Waals surface area (Å²) in [6.07, 6.45) is 3.60. The minimum Gasteiger partial charge on any atom is -0.326 e. The minimum atomic E-state index is -0.407. The van der Waals surface area contributed by atoms with Crippen LogP contribution in [0.3, 0.4) is 0 Å². The zero-order valence-electron chi connectivity index (χ0n) is 14.5. The van der Waals surface area contributed by atoms with Gasteiger partial charge in [0, 0.05) is 24.1 Å². The molecule has 1 aromatic carbocycles. The summed E-state index contributed by atoms with van der Waals surface area (Å²) in [6.45, 7) is 3.82. The van der Waals surface area contributed by atoms with Crippen LogP contribution in [0.2, 0.25) is 0 Å². The maximum absolute atomic E-state index is 12.0. The summed E-state index contributed by atoms with van der Waals surface area (Å²) in [5.74, 6) is -0.689.